The van der Waals surface area contributed by atoms with Crippen molar-refractivity contribution in [3.05, 3.63) is 29.8 Å². The van der Waals surface area contributed by atoms with Crippen LogP contribution in [0.1, 0.15) is 31.7 Å². The molecule has 6 nitrogen and oxygen atoms in total. The van der Waals surface area contributed by atoms with Gasteiger partial charge in [-0.15, -0.1) is 24.0 Å². The summed E-state index contributed by atoms with van der Waals surface area (Å²) in [6.45, 7) is 5.85. The van der Waals surface area contributed by atoms with E-state index in [0.29, 0.717) is 13.0 Å². The van der Waals surface area contributed by atoms with Crippen LogP contribution in [0.5, 0.6) is 0 Å². The molecule has 0 saturated carbocycles. The van der Waals surface area contributed by atoms with Gasteiger partial charge in [-0.05, 0) is 37.8 Å². The number of hydrogen-bond acceptors (Lipinski definition) is 3. The number of guanidine groups is 1. The fourth-order valence-corrected chi connectivity index (χ4v) is 2.92. The number of nitrogens with zero attached hydrogens (tertiary/aromatic N) is 2. The third kappa shape index (κ3) is 7.11. The average molecular weight is 474 g/mol. The van der Waals surface area contributed by atoms with Gasteiger partial charge in [-0.1, -0.05) is 18.2 Å². The molecule has 0 spiro atoms. The molecule has 0 aliphatic carbocycles. The number of amides is 1. The standard InChI is InChI=1S/C19H30N4O2.HI/c1-3-20-19(22-13-7-15-25-2)21-12-6-10-18(24)23-14-11-16-8-4-5-9-17(16)23;/h4-5,8-9H,3,6-7,10-15H2,1-2H3,(H2,20,21,22);1H. The molecular weight excluding hydrogens is 443 g/mol. The summed E-state index contributed by atoms with van der Waals surface area (Å²) in [7, 11) is 1.70. The number of methoxy groups -OCH3 is 1. The second-order valence-corrected chi connectivity index (χ2v) is 6.06. The van der Waals surface area contributed by atoms with E-state index in [-0.39, 0.29) is 29.9 Å². The molecular formula is C19H31IN4O2. The van der Waals surface area contributed by atoms with Crippen LogP contribution in [0.25, 0.3) is 0 Å². The first-order valence-electron chi connectivity index (χ1n) is 9.15. The molecule has 2 N–H and O–H groups in total. The van der Waals surface area contributed by atoms with E-state index in [0.717, 1.165) is 57.2 Å². The van der Waals surface area contributed by atoms with E-state index in [1.54, 1.807) is 7.11 Å². The summed E-state index contributed by atoms with van der Waals surface area (Å²) in [5.41, 5.74) is 2.34. The summed E-state index contributed by atoms with van der Waals surface area (Å²) >= 11 is 0. The molecule has 0 radical (unpaired) electrons. The topological polar surface area (TPSA) is 66.0 Å². The fraction of sp³-hybridized carbons (Fsp3) is 0.579. The Bertz CT molecular complexity index is 580. The Morgan fingerprint density at radius 1 is 1.27 bits per heavy atom. The van der Waals surface area contributed by atoms with Crippen LogP contribution >= 0.6 is 24.0 Å². The van der Waals surface area contributed by atoms with Crippen LogP contribution in [0.3, 0.4) is 0 Å². The highest BCUT2D eigenvalue weighted by Crippen LogP contribution is 2.27. The van der Waals surface area contributed by atoms with E-state index in [4.69, 9.17) is 4.74 Å². The Morgan fingerprint density at radius 3 is 2.85 bits per heavy atom. The monoisotopic (exact) mass is 474 g/mol. The van der Waals surface area contributed by atoms with Crippen molar-refractivity contribution in [2.45, 2.75) is 32.6 Å². The molecule has 1 heterocycles. The van der Waals surface area contributed by atoms with Crippen molar-refractivity contribution in [2.75, 3.05) is 44.8 Å². The van der Waals surface area contributed by atoms with Crippen LogP contribution in [0.2, 0.25) is 0 Å². The second kappa shape index (κ2) is 12.9. The highest BCUT2D eigenvalue weighted by Gasteiger charge is 2.23. The van der Waals surface area contributed by atoms with Gasteiger partial charge in [0.1, 0.15) is 0 Å². The Labute approximate surface area is 173 Å². The summed E-state index contributed by atoms with van der Waals surface area (Å²) in [5, 5.41) is 6.49. The van der Waals surface area contributed by atoms with Crippen LogP contribution in [-0.4, -0.2) is 51.8 Å². The van der Waals surface area contributed by atoms with Crippen molar-refractivity contribution in [1.29, 1.82) is 0 Å². The summed E-state index contributed by atoms with van der Waals surface area (Å²) in [6, 6.07) is 8.16. The minimum atomic E-state index is 0. The number of fused-ring (bicyclic) bond motifs is 1. The number of halogens is 1. The predicted molar refractivity (Wildman–Crippen MR) is 118 cm³/mol. The van der Waals surface area contributed by atoms with Crippen molar-refractivity contribution in [2.24, 2.45) is 4.99 Å². The summed E-state index contributed by atoms with van der Waals surface area (Å²) < 4.78 is 5.04. The minimum Gasteiger partial charge on any atom is -0.385 e. The van der Waals surface area contributed by atoms with E-state index in [9.17, 15) is 4.79 Å². The Kier molecular flexibility index (Phi) is 11.3. The first kappa shape index (κ1) is 22.7. The zero-order chi connectivity index (χ0) is 17.9. The molecule has 1 aliphatic rings. The van der Waals surface area contributed by atoms with E-state index < -0.39 is 0 Å². The highest BCUT2D eigenvalue weighted by molar-refractivity contribution is 14.0. The molecule has 0 bridgehead atoms. The van der Waals surface area contributed by atoms with E-state index in [1.807, 2.05) is 30.0 Å². The normalized spacial score (nSPS) is 13.2. The number of ether oxygens (including phenoxy) is 1. The maximum atomic E-state index is 12.5. The van der Waals surface area contributed by atoms with Gasteiger partial charge < -0.3 is 20.3 Å². The lowest BCUT2D eigenvalue weighted by Crippen LogP contribution is -2.38. The molecule has 2 rings (SSSR count). The number of hydrogen-bond donors (Lipinski definition) is 2. The molecule has 0 unspecified atom stereocenters. The molecule has 26 heavy (non-hydrogen) atoms. The molecule has 0 fully saturated rings. The molecule has 146 valence electrons. The largest absolute Gasteiger partial charge is 0.385 e. The van der Waals surface area contributed by atoms with Gasteiger partial charge in [0.25, 0.3) is 0 Å². The van der Waals surface area contributed by atoms with Crippen LogP contribution in [-0.2, 0) is 16.0 Å². The number of rotatable bonds is 9. The molecule has 1 aliphatic heterocycles. The van der Waals surface area contributed by atoms with Crippen molar-refractivity contribution in [1.82, 2.24) is 10.6 Å². The quantitative estimate of drug-likeness (QED) is 0.250. The maximum absolute atomic E-state index is 12.5. The number of para-hydroxylation sites is 1. The smallest absolute Gasteiger partial charge is 0.227 e. The number of nitrogens with one attached hydrogen (secondary N) is 2. The zero-order valence-electron chi connectivity index (χ0n) is 15.8. The van der Waals surface area contributed by atoms with Crippen LogP contribution in [0.15, 0.2) is 29.3 Å². The van der Waals surface area contributed by atoms with Gasteiger partial charge in [-0.25, -0.2) is 0 Å². The molecule has 7 heteroatoms. The third-order valence-electron chi connectivity index (χ3n) is 4.17. The Balaban J connectivity index is 0.00000338. The molecule has 0 saturated heterocycles. The molecule has 1 aromatic carbocycles. The van der Waals surface area contributed by atoms with Crippen LogP contribution < -0.4 is 15.5 Å². The van der Waals surface area contributed by atoms with Crippen molar-refractivity contribution < 1.29 is 9.53 Å². The van der Waals surface area contributed by atoms with Gasteiger partial charge in [0, 0.05) is 52.0 Å². The number of anilines is 1. The lowest BCUT2D eigenvalue weighted by molar-refractivity contribution is -0.118. The summed E-state index contributed by atoms with van der Waals surface area (Å²) in [5.74, 6) is 0.996. The molecule has 0 aromatic heterocycles. The third-order valence-corrected chi connectivity index (χ3v) is 4.17. The van der Waals surface area contributed by atoms with Gasteiger partial charge in [-0.2, -0.15) is 0 Å². The number of carbonyl (C=O) groups excluding carboxylic acids is 1. The van der Waals surface area contributed by atoms with Crippen molar-refractivity contribution in [3.8, 4) is 0 Å². The van der Waals surface area contributed by atoms with Crippen molar-refractivity contribution in [3.63, 3.8) is 0 Å². The van der Waals surface area contributed by atoms with E-state index in [1.165, 1.54) is 5.56 Å². The lowest BCUT2D eigenvalue weighted by Gasteiger charge is -2.17. The average Bonchev–Trinajstić information content (AvgIpc) is 3.06. The number of aliphatic imine (C=N–C) groups is 1. The molecule has 1 amide bonds. The number of carbonyl (C=O) groups is 1. The lowest BCUT2D eigenvalue weighted by atomic mass is 10.2. The van der Waals surface area contributed by atoms with E-state index >= 15 is 0 Å². The predicted octanol–water partition coefficient (Wildman–Crippen LogP) is 2.57. The van der Waals surface area contributed by atoms with Gasteiger partial charge in [0.05, 0.1) is 0 Å². The summed E-state index contributed by atoms with van der Waals surface area (Å²) in [4.78, 5) is 18.9. The van der Waals surface area contributed by atoms with Gasteiger partial charge in [0.2, 0.25) is 5.91 Å². The Hall–Kier alpha value is -1.35. The highest BCUT2D eigenvalue weighted by atomic mass is 127. The molecule has 1 aromatic rings. The first-order valence-corrected chi connectivity index (χ1v) is 9.15. The zero-order valence-corrected chi connectivity index (χ0v) is 18.1. The van der Waals surface area contributed by atoms with Crippen LogP contribution in [0, 0.1) is 0 Å². The summed E-state index contributed by atoms with van der Waals surface area (Å²) in [6.07, 6.45) is 3.18. The van der Waals surface area contributed by atoms with E-state index in [2.05, 4.69) is 21.7 Å². The van der Waals surface area contributed by atoms with Crippen molar-refractivity contribution >= 4 is 41.5 Å². The Morgan fingerprint density at radius 2 is 2.08 bits per heavy atom. The van der Waals surface area contributed by atoms with Crippen LogP contribution in [0.4, 0.5) is 5.69 Å². The minimum absolute atomic E-state index is 0. The SMILES string of the molecule is CCNC(=NCCCC(=O)N1CCc2ccccc21)NCCCOC.I. The van der Waals surface area contributed by atoms with Gasteiger partial charge in [-0.3, -0.25) is 9.79 Å². The molecule has 0 atom stereocenters. The number of benzene rings is 1. The maximum Gasteiger partial charge on any atom is 0.227 e. The second-order valence-electron chi connectivity index (χ2n) is 6.06. The van der Waals surface area contributed by atoms with Gasteiger partial charge >= 0.3 is 0 Å². The fourth-order valence-electron chi connectivity index (χ4n) is 2.92. The first-order chi connectivity index (χ1) is 12.3. The van der Waals surface area contributed by atoms with Gasteiger partial charge in [0.15, 0.2) is 5.96 Å².